The molecule has 5 nitrogen and oxygen atoms in total. The summed E-state index contributed by atoms with van der Waals surface area (Å²) in [5, 5.41) is 0.595. The molecule has 0 aliphatic heterocycles. The summed E-state index contributed by atoms with van der Waals surface area (Å²) < 4.78 is 1.38. The van der Waals surface area contributed by atoms with Crippen molar-refractivity contribution >= 4 is 27.5 Å². The zero-order valence-electron chi connectivity index (χ0n) is 11.3. The van der Waals surface area contributed by atoms with Gasteiger partial charge in [0.25, 0.3) is 5.56 Å². The number of fused-ring (bicyclic) bond motifs is 1. The zero-order chi connectivity index (χ0) is 14.0. The van der Waals surface area contributed by atoms with Crippen LogP contribution in [0.4, 0.5) is 0 Å². The molecule has 0 unspecified atom stereocenters. The van der Waals surface area contributed by atoms with Gasteiger partial charge in [-0.3, -0.25) is 14.2 Å². The second kappa shape index (κ2) is 5.52. The number of aromatic nitrogens is 2. The van der Waals surface area contributed by atoms with Gasteiger partial charge in [-0.1, -0.05) is 0 Å². The smallest absolute Gasteiger partial charge is 0.262 e. The molecule has 0 aliphatic rings. The Kier molecular flexibility index (Phi) is 3.99. The van der Waals surface area contributed by atoms with Crippen molar-refractivity contribution in [1.82, 2.24) is 14.5 Å². The van der Waals surface area contributed by atoms with E-state index in [0.29, 0.717) is 18.5 Å². The van der Waals surface area contributed by atoms with Crippen molar-refractivity contribution in [2.45, 2.75) is 27.3 Å². The van der Waals surface area contributed by atoms with Crippen molar-refractivity contribution in [2.75, 3.05) is 13.1 Å². The quantitative estimate of drug-likeness (QED) is 0.855. The van der Waals surface area contributed by atoms with Gasteiger partial charge in [0.15, 0.2) is 0 Å². The predicted molar refractivity (Wildman–Crippen MR) is 76.5 cm³/mol. The Bertz CT molecular complexity index is 655. The van der Waals surface area contributed by atoms with Crippen molar-refractivity contribution in [3.63, 3.8) is 0 Å². The van der Waals surface area contributed by atoms with Crippen molar-refractivity contribution in [2.24, 2.45) is 0 Å². The average Bonchev–Trinajstić information content (AvgIpc) is 2.76. The van der Waals surface area contributed by atoms with Gasteiger partial charge < -0.3 is 4.90 Å². The largest absolute Gasteiger partial charge is 0.342 e. The molecule has 0 atom stereocenters. The Morgan fingerprint density at radius 3 is 2.74 bits per heavy atom. The van der Waals surface area contributed by atoms with Crippen LogP contribution in [0.2, 0.25) is 0 Å². The molecule has 2 heterocycles. The standard InChI is InChI=1S/C13H17N3O2S/c1-4-15(5-2)11(17)7-16-8-14-12-10(13(16)18)6-9(3)19-12/h6,8H,4-5,7H2,1-3H3. The van der Waals surface area contributed by atoms with E-state index in [4.69, 9.17) is 0 Å². The molecule has 2 aromatic rings. The molecule has 0 saturated heterocycles. The summed E-state index contributed by atoms with van der Waals surface area (Å²) in [5.41, 5.74) is -0.144. The molecule has 2 aromatic heterocycles. The number of carbonyl (C=O) groups is 1. The second-order valence-electron chi connectivity index (χ2n) is 4.32. The number of rotatable bonds is 4. The number of aryl methyl sites for hydroxylation is 1. The van der Waals surface area contributed by atoms with Crippen LogP contribution < -0.4 is 5.56 Å². The van der Waals surface area contributed by atoms with E-state index in [2.05, 4.69) is 4.98 Å². The number of amides is 1. The molecule has 0 saturated carbocycles. The molecule has 0 bridgehead atoms. The summed E-state index contributed by atoms with van der Waals surface area (Å²) in [7, 11) is 0. The Hall–Kier alpha value is -1.69. The highest BCUT2D eigenvalue weighted by Gasteiger charge is 2.13. The lowest BCUT2D eigenvalue weighted by Gasteiger charge is -2.18. The van der Waals surface area contributed by atoms with Gasteiger partial charge in [0.05, 0.1) is 11.7 Å². The van der Waals surface area contributed by atoms with Crippen LogP contribution in [0, 0.1) is 6.92 Å². The number of thiophene rings is 1. The summed E-state index contributed by atoms with van der Waals surface area (Å²) in [4.78, 5) is 32.0. The van der Waals surface area contributed by atoms with E-state index in [0.717, 1.165) is 9.71 Å². The summed E-state index contributed by atoms with van der Waals surface area (Å²) in [6.45, 7) is 7.14. The second-order valence-corrected chi connectivity index (χ2v) is 5.55. The maximum atomic E-state index is 12.2. The minimum absolute atomic E-state index is 0.0539. The first-order valence-corrected chi connectivity index (χ1v) is 7.11. The molecule has 0 radical (unpaired) electrons. The topological polar surface area (TPSA) is 55.2 Å². The van der Waals surface area contributed by atoms with Gasteiger partial charge in [0, 0.05) is 18.0 Å². The summed E-state index contributed by atoms with van der Waals surface area (Å²) in [5.74, 6) is -0.0554. The van der Waals surface area contributed by atoms with E-state index in [-0.39, 0.29) is 18.0 Å². The van der Waals surface area contributed by atoms with E-state index in [9.17, 15) is 9.59 Å². The molecule has 2 rings (SSSR count). The molecule has 6 heteroatoms. The molecule has 0 aromatic carbocycles. The Morgan fingerprint density at radius 2 is 2.11 bits per heavy atom. The molecule has 1 amide bonds. The predicted octanol–water partition coefficient (Wildman–Crippen LogP) is 1.63. The highest BCUT2D eigenvalue weighted by molar-refractivity contribution is 7.18. The molecule has 0 fully saturated rings. The lowest BCUT2D eigenvalue weighted by atomic mass is 10.3. The molecular formula is C13H17N3O2S. The average molecular weight is 279 g/mol. The summed E-state index contributed by atoms with van der Waals surface area (Å²) in [6, 6.07) is 1.83. The fourth-order valence-electron chi connectivity index (χ4n) is 2.01. The van der Waals surface area contributed by atoms with Crippen LogP contribution in [0.25, 0.3) is 10.2 Å². The normalized spacial score (nSPS) is 10.9. The van der Waals surface area contributed by atoms with Gasteiger partial charge in [-0.15, -0.1) is 11.3 Å². The van der Waals surface area contributed by atoms with Gasteiger partial charge in [-0.05, 0) is 26.8 Å². The van der Waals surface area contributed by atoms with Gasteiger partial charge >= 0.3 is 0 Å². The fraction of sp³-hybridized carbons (Fsp3) is 0.462. The lowest BCUT2D eigenvalue weighted by molar-refractivity contribution is -0.131. The van der Waals surface area contributed by atoms with Gasteiger partial charge in [0.2, 0.25) is 5.91 Å². The monoisotopic (exact) mass is 279 g/mol. The number of likely N-dealkylation sites (N-methyl/N-ethyl adjacent to an activating group) is 1. The maximum absolute atomic E-state index is 12.2. The number of hydrogen-bond acceptors (Lipinski definition) is 4. The third kappa shape index (κ3) is 2.68. The van der Waals surface area contributed by atoms with Crippen LogP contribution in [-0.4, -0.2) is 33.4 Å². The molecular weight excluding hydrogens is 262 g/mol. The zero-order valence-corrected chi connectivity index (χ0v) is 12.2. The van der Waals surface area contributed by atoms with Crippen LogP contribution >= 0.6 is 11.3 Å². The number of hydrogen-bond donors (Lipinski definition) is 0. The first-order valence-electron chi connectivity index (χ1n) is 6.30. The van der Waals surface area contributed by atoms with Gasteiger partial charge in [-0.25, -0.2) is 4.98 Å². The summed E-state index contributed by atoms with van der Waals surface area (Å²) >= 11 is 1.49. The first-order chi connectivity index (χ1) is 9.06. The third-order valence-corrected chi connectivity index (χ3v) is 4.02. The number of nitrogens with zero attached hydrogens (tertiary/aromatic N) is 3. The Labute approximate surface area is 115 Å². The van der Waals surface area contributed by atoms with Crippen LogP contribution in [0.15, 0.2) is 17.2 Å². The first kappa shape index (κ1) is 13.7. The minimum atomic E-state index is -0.144. The fourth-order valence-corrected chi connectivity index (χ4v) is 2.85. The SMILES string of the molecule is CCN(CC)C(=O)Cn1cnc2sc(C)cc2c1=O. The van der Waals surface area contributed by atoms with Crippen molar-refractivity contribution in [1.29, 1.82) is 0 Å². The van der Waals surface area contributed by atoms with E-state index in [1.807, 2.05) is 26.8 Å². The Morgan fingerprint density at radius 1 is 1.42 bits per heavy atom. The van der Waals surface area contributed by atoms with Crippen molar-refractivity contribution < 1.29 is 4.79 Å². The van der Waals surface area contributed by atoms with Crippen LogP contribution in [0.3, 0.4) is 0 Å². The third-order valence-electron chi connectivity index (χ3n) is 3.06. The molecule has 102 valence electrons. The van der Waals surface area contributed by atoms with E-state index < -0.39 is 0 Å². The van der Waals surface area contributed by atoms with Crippen LogP contribution in [0.5, 0.6) is 0 Å². The van der Waals surface area contributed by atoms with E-state index in [1.54, 1.807) is 4.90 Å². The van der Waals surface area contributed by atoms with Gasteiger partial charge in [0.1, 0.15) is 11.4 Å². The summed E-state index contributed by atoms with van der Waals surface area (Å²) in [6.07, 6.45) is 1.46. The lowest BCUT2D eigenvalue weighted by Crippen LogP contribution is -2.36. The van der Waals surface area contributed by atoms with Crippen LogP contribution in [0.1, 0.15) is 18.7 Å². The van der Waals surface area contributed by atoms with E-state index >= 15 is 0 Å². The Balaban J connectivity index is 2.33. The number of carbonyl (C=O) groups excluding carboxylic acids is 1. The van der Waals surface area contributed by atoms with E-state index in [1.165, 1.54) is 22.2 Å². The molecule has 19 heavy (non-hydrogen) atoms. The molecule has 0 spiro atoms. The highest BCUT2D eigenvalue weighted by Crippen LogP contribution is 2.19. The molecule has 0 N–H and O–H groups in total. The molecule has 0 aliphatic carbocycles. The van der Waals surface area contributed by atoms with Crippen LogP contribution in [-0.2, 0) is 11.3 Å². The maximum Gasteiger partial charge on any atom is 0.262 e. The van der Waals surface area contributed by atoms with Crippen molar-refractivity contribution in [3.05, 3.63) is 27.6 Å². The highest BCUT2D eigenvalue weighted by atomic mass is 32.1. The van der Waals surface area contributed by atoms with Crippen molar-refractivity contribution in [3.8, 4) is 0 Å². The van der Waals surface area contributed by atoms with Gasteiger partial charge in [-0.2, -0.15) is 0 Å². The minimum Gasteiger partial charge on any atom is -0.342 e.